The van der Waals surface area contributed by atoms with E-state index in [-0.39, 0.29) is 30.3 Å². The van der Waals surface area contributed by atoms with Crippen molar-refractivity contribution in [2.45, 2.75) is 25.4 Å². The van der Waals surface area contributed by atoms with Gasteiger partial charge in [-0.15, -0.1) is 0 Å². The standard InChI is InChI=1S/C14H15NO3/c16-13-9-11(12-7-4-8-18-12)14(17)15(13)10-5-2-1-3-6-10/h1-3,5-6,11-12H,4,7-9H2/t11-,12+/m1/s1. The van der Waals surface area contributed by atoms with Gasteiger partial charge in [0.2, 0.25) is 11.8 Å². The molecule has 2 heterocycles. The number of anilines is 1. The second-order valence-corrected chi connectivity index (χ2v) is 4.77. The summed E-state index contributed by atoms with van der Waals surface area (Å²) in [5.41, 5.74) is 0.660. The minimum Gasteiger partial charge on any atom is -0.377 e. The van der Waals surface area contributed by atoms with Gasteiger partial charge < -0.3 is 4.74 Å². The number of hydrogen-bond donors (Lipinski definition) is 0. The van der Waals surface area contributed by atoms with Gasteiger partial charge in [0, 0.05) is 13.0 Å². The van der Waals surface area contributed by atoms with Crippen molar-refractivity contribution in [2.75, 3.05) is 11.5 Å². The largest absolute Gasteiger partial charge is 0.377 e. The van der Waals surface area contributed by atoms with Crippen LogP contribution in [-0.4, -0.2) is 24.5 Å². The minimum atomic E-state index is -0.291. The number of amides is 2. The van der Waals surface area contributed by atoms with E-state index >= 15 is 0 Å². The first-order valence-electron chi connectivity index (χ1n) is 6.31. The Hall–Kier alpha value is -1.68. The van der Waals surface area contributed by atoms with E-state index in [1.54, 1.807) is 12.1 Å². The van der Waals surface area contributed by atoms with Gasteiger partial charge in [-0.25, -0.2) is 0 Å². The summed E-state index contributed by atoms with van der Waals surface area (Å²) in [6.07, 6.45) is 2.06. The molecule has 0 radical (unpaired) electrons. The number of benzene rings is 1. The van der Waals surface area contributed by atoms with Gasteiger partial charge in [-0.05, 0) is 25.0 Å². The van der Waals surface area contributed by atoms with Crippen LogP contribution in [0.2, 0.25) is 0 Å². The second-order valence-electron chi connectivity index (χ2n) is 4.77. The maximum Gasteiger partial charge on any atom is 0.240 e. The molecule has 0 N–H and O–H groups in total. The van der Waals surface area contributed by atoms with Crippen LogP contribution in [0.3, 0.4) is 0 Å². The number of carbonyl (C=O) groups excluding carboxylic acids is 2. The molecule has 2 amide bonds. The third kappa shape index (κ3) is 1.82. The van der Waals surface area contributed by atoms with Crippen LogP contribution in [0.5, 0.6) is 0 Å². The molecule has 0 aliphatic carbocycles. The highest BCUT2D eigenvalue weighted by molar-refractivity contribution is 6.21. The lowest BCUT2D eigenvalue weighted by molar-refractivity contribution is -0.124. The van der Waals surface area contributed by atoms with E-state index < -0.39 is 0 Å². The number of rotatable bonds is 2. The lowest BCUT2D eigenvalue weighted by Crippen LogP contribution is -2.33. The molecule has 0 spiro atoms. The molecule has 0 saturated carbocycles. The molecule has 4 nitrogen and oxygen atoms in total. The van der Waals surface area contributed by atoms with Crippen molar-refractivity contribution in [1.29, 1.82) is 0 Å². The minimum absolute atomic E-state index is 0.0739. The molecule has 3 rings (SSSR count). The molecular formula is C14H15NO3. The predicted molar refractivity (Wildman–Crippen MR) is 66.0 cm³/mol. The highest BCUT2D eigenvalue weighted by atomic mass is 16.5. The average Bonchev–Trinajstić information content (AvgIpc) is 2.99. The summed E-state index contributed by atoms with van der Waals surface area (Å²) in [4.78, 5) is 25.6. The van der Waals surface area contributed by atoms with E-state index in [0.717, 1.165) is 12.8 Å². The van der Waals surface area contributed by atoms with Crippen LogP contribution < -0.4 is 4.90 Å². The van der Waals surface area contributed by atoms with Crippen LogP contribution in [-0.2, 0) is 14.3 Å². The fourth-order valence-electron chi connectivity index (χ4n) is 2.71. The van der Waals surface area contributed by atoms with Gasteiger partial charge in [-0.3, -0.25) is 14.5 Å². The quantitative estimate of drug-likeness (QED) is 0.746. The molecule has 2 aliphatic rings. The molecule has 2 atom stereocenters. The molecule has 94 valence electrons. The molecule has 2 fully saturated rings. The first kappa shape index (κ1) is 11.4. The fraction of sp³-hybridized carbons (Fsp3) is 0.429. The molecule has 0 aromatic heterocycles. The smallest absolute Gasteiger partial charge is 0.240 e. The zero-order valence-corrected chi connectivity index (χ0v) is 10.0. The SMILES string of the molecule is O=C1C[C@H]([C@@H]2CCCO2)C(=O)N1c1ccccc1. The zero-order chi connectivity index (χ0) is 12.5. The summed E-state index contributed by atoms with van der Waals surface area (Å²) in [5, 5.41) is 0. The summed E-state index contributed by atoms with van der Waals surface area (Å²) in [6.45, 7) is 0.702. The Morgan fingerprint density at radius 2 is 1.94 bits per heavy atom. The van der Waals surface area contributed by atoms with Gasteiger partial charge in [-0.2, -0.15) is 0 Å². The molecule has 2 aliphatic heterocycles. The van der Waals surface area contributed by atoms with E-state index in [2.05, 4.69) is 0 Å². The average molecular weight is 245 g/mol. The van der Waals surface area contributed by atoms with Crippen LogP contribution >= 0.6 is 0 Å². The summed E-state index contributed by atoms with van der Waals surface area (Å²) in [5.74, 6) is -0.523. The number of nitrogens with zero attached hydrogens (tertiary/aromatic N) is 1. The highest BCUT2D eigenvalue weighted by Gasteiger charge is 2.44. The summed E-state index contributed by atoms with van der Waals surface area (Å²) >= 11 is 0. The Morgan fingerprint density at radius 1 is 1.17 bits per heavy atom. The van der Waals surface area contributed by atoms with Crippen molar-refractivity contribution in [2.24, 2.45) is 5.92 Å². The molecule has 1 aromatic rings. The molecule has 4 heteroatoms. The fourth-order valence-corrected chi connectivity index (χ4v) is 2.71. The van der Waals surface area contributed by atoms with E-state index in [1.807, 2.05) is 18.2 Å². The number of hydrogen-bond acceptors (Lipinski definition) is 3. The Bertz CT molecular complexity index is 465. The summed E-state index contributed by atoms with van der Waals surface area (Å²) in [6, 6.07) is 9.10. The normalized spacial score (nSPS) is 28.1. The lowest BCUT2D eigenvalue weighted by atomic mass is 9.98. The van der Waals surface area contributed by atoms with Gasteiger partial charge in [-0.1, -0.05) is 18.2 Å². The van der Waals surface area contributed by atoms with Crippen molar-refractivity contribution in [3.05, 3.63) is 30.3 Å². The van der Waals surface area contributed by atoms with E-state index in [1.165, 1.54) is 4.90 Å². The topological polar surface area (TPSA) is 46.6 Å². The third-order valence-electron chi connectivity index (χ3n) is 3.61. The van der Waals surface area contributed by atoms with Gasteiger partial charge in [0.05, 0.1) is 17.7 Å². The van der Waals surface area contributed by atoms with Crippen molar-refractivity contribution >= 4 is 17.5 Å². The molecule has 0 bridgehead atoms. The monoisotopic (exact) mass is 245 g/mol. The van der Waals surface area contributed by atoms with Crippen LogP contribution in [0.15, 0.2) is 30.3 Å². The van der Waals surface area contributed by atoms with E-state index in [0.29, 0.717) is 12.3 Å². The number of para-hydroxylation sites is 1. The molecule has 1 aromatic carbocycles. The molecule has 18 heavy (non-hydrogen) atoms. The molecule has 2 saturated heterocycles. The van der Waals surface area contributed by atoms with Crippen LogP contribution in [0.25, 0.3) is 0 Å². The van der Waals surface area contributed by atoms with Crippen LogP contribution in [0.1, 0.15) is 19.3 Å². The maximum atomic E-state index is 12.3. The number of imide groups is 1. The van der Waals surface area contributed by atoms with Crippen molar-refractivity contribution in [3.8, 4) is 0 Å². The summed E-state index contributed by atoms with van der Waals surface area (Å²) < 4.78 is 5.54. The number of ether oxygens (including phenoxy) is 1. The first-order chi connectivity index (χ1) is 8.77. The Balaban J connectivity index is 1.85. The first-order valence-corrected chi connectivity index (χ1v) is 6.31. The van der Waals surface area contributed by atoms with E-state index in [4.69, 9.17) is 4.74 Å². The summed E-state index contributed by atoms with van der Waals surface area (Å²) in [7, 11) is 0. The van der Waals surface area contributed by atoms with Crippen LogP contribution in [0.4, 0.5) is 5.69 Å². The van der Waals surface area contributed by atoms with Gasteiger partial charge in [0.1, 0.15) is 0 Å². The van der Waals surface area contributed by atoms with E-state index in [9.17, 15) is 9.59 Å². The van der Waals surface area contributed by atoms with Gasteiger partial charge in [0.15, 0.2) is 0 Å². The second kappa shape index (κ2) is 4.53. The van der Waals surface area contributed by atoms with Crippen molar-refractivity contribution < 1.29 is 14.3 Å². The number of carbonyl (C=O) groups is 2. The Labute approximate surface area is 106 Å². The molecular weight excluding hydrogens is 230 g/mol. The lowest BCUT2D eigenvalue weighted by Gasteiger charge is -2.17. The Morgan fingerprint density at radius 3 is 2.61 bits per heavy atom. The van der Waals surface area contributed by atoms with Crippen LogP contribution in [0, 0.1) is 5.92 Å². The van der Waals surface area contributed by atoms with Crippen molar-refractivity contribution in [3.63, 3.8) is 0 Å². The zero-order valence-electron chi connectivity index (χ0n) is 10.0. The van der Waals surface area contributed by atoms with Gasteiger partial charge >= 0.3 is 0 Å². The third-order valence-corrected chi connectivity index (χ3v) is 3.61. The van der Waals surface area contributed by atoms with Gasteiger partial charge in [0.25, 0.3) is 0 Å². The molecule has 0 unspecified atom stereocenters. The predicted octanol–water partition coefficient (Wildman–Crippen LogP) is 1.75. The Kier molecular flexibility index (Phi) is 2.88. The highest BCUT2D eigenvalue weighted by Crippen LogP contribution is 2.32. The van der Waals surface area contributed by atoms with Crippen molar-refractivity contribution in [1.82, 2.24) is 0 Å². The maximum absolute atomic E-state index is 12.3.